The maximum Gasteiger partial charge on any atom is 0.141 e. The Labute approximate surface area is 180 Å². The fourth-order valence-electron chi connectivity index (χ4n) is 4.79. The number of hydrogen-bond donors (Lipinski definition) is 0. The number of nitrogens with zero attached hydrogens (tertiary/aromatic N) is 3. The molecule has 1 saturated heterocycles. The second kappa shape index (κ2) is 8.72. The Morgan fingerprint density at radius 2 is 1.87 bits per heavy atom. The van der Waals surface area contributed by atoms with Crippen LogP contribution < -0.4 is 0 Å². The Bertz CT molecular complexity index is 832. The van der Waals surface area contributed by atoms with Gasteiger partial charge in [-0.3, -0.25) is 14.9 Å². The summed E-state index contributed by atoms with van der Waals surface area (Å²) < 4.78 is 19.6. The molecule has 0 saturated carbocycles. The predicted octanol–water partition coefficient (Wildman–Crippen LogP) is 5.30. The monoisotopic (exact) mass is 413 g/mol. The van der Waals surface area contributed by atoms with E-state index in [9.17, 15) is 4.39 Å². The average Bonchev–Trinajstić information content (AvgIpc) is 3.15. The number of hydrogen-bond acceptors (Lipinski definition) is 4. The predicted molar refractivity (Wildman–Crippen MR) is 119 cm³/mol. The zero-order valence-corrected chi connectivity index (χ0v) is 19.3. The zero-order chi connectivity index (χ0) is 22.0. The topological polar surface area (TPSA) is 38.2 Å². The highest BCUT2D eigenvalue weighted by molar-refractivity contribution is 5.22. The molecule has 2 aromatic heterocycles. The van der Waals surface area contributed by atoms with E-state index < -0.39 is 0 Å². The second-order valence-electron chi connectivity index (χ2n) is 9.61. The minimum absolute atomic E-state index is 0.00548. The summed E-state index contributed by atoms with van der Waals surface area (Å²) in [5.74, 6) is -0.288. The number of aryl methyl sites for hydroxylation is 2. The van der Waals surface area contributed by atoms with Crippen molar-refractivity contribution in [1.29, 1.82) is 0 Å². The summed E-state index contributed by atoms with van der Waals surface area (Å²) in [4.78, 5) is 11.4. The van der Waals surface area contributed by atoms with Gasteiger partial charge in [-0.05, 0) is 91.1 Å². The van der Waals surface area contributed by atoms with Crippen LogP contribution in [0.15, 0.2) is 36.7 Å². The summed E-state index contributed by atoms with van der Waals surface area (Å²) in [5.41, 5.74) is 2.82. The molecule has 1 fully saturated rings. The van der Waals surface area contributed by atoms with E-state index in [4.69, 9.17) is 4.74 Å². The van der Waals surface area contributed by atoms with E-state index in [1.165, 1.54) is 17.8 Å². The molecule has 0 amide bonds. The standard InChI is InChI=1S/C25H36FN3O/c1-7-30-24(5,6)25(13-12-22-11-10-21(26)17-28-22)14-15-29(18-25)23(3,4)20-9-8-19(2)27-16-20/h8-11,16-17H,7,12-15,18H2,1-6H3/t25-/m0/s1. The number of rotatable bonds is 8. The fraction of sp³-hybridized carbons (Fsp3) is 0.600. The van der Waals surface area contributed by atoms with Gasteiger partial charge in [0.05, 0.1) is 11.8 Å². The first kappa shape index (κ1) is 22.8. The van der Waals surface area contributed by atoms with Gasteiger partial charge in [-0.15, -0.1) is 0 Å². The molecule has 0 radical (unpaired) electrons. The number of pyridine rings is 2. The third kappa shape index (κ3) is 4.57. The largest absolute Gasteiger partial charge is 0.375 e. The van der Waals surface area contributed by atoms with E-state index in [2.05, 4.69) is 61.6 Å². The van der Waals surface area contributed by atoms with E-state index in [1.807, 2.05) is 13.1 Å². The molecule has 2 aromatic rings. The zero-order valence-electron chi connectivity index (χ0n) is 19.3. The molecular weight excluding hydrogens is 377 g/mol. The summed E-state index contributed by atoms with van der Waals surface area (Å²) in [6, 6.07) is 7.58. The van der Waals surface area contributed by atoms with Crippen molar-refractivity contribution in [3.63, 3.8) is 0 Å². The van der Waals surface area contributed by atoms with Crippen LogP contribution in [-0.4, -0.2) is 40.2 Å². The van der Waals surface area contributed by atoms with Gasteiger partial charge in [0.2, 0.25) is 0 Å². The van der Waals surface area contributed by atoms with Gasteiger partial charge in [-0.1, -0.05) is 6.07 Å². The third-order valence-electron chi connectivity index (χ3n) is 7.19. The van der Waals surface area contributed by atoms with E-state index in [0.29, 0.717) is 6.61 Å². The molecule has 1 atom stereocenters. The molecule has 4 nitrogen and oxygen atoms in total. The highest BCUT2D eigenvalue weighted by Crippen LogP contribution is 2.49. The lowest BCUT2D eigenvalue weighted by Gasteiger charge is -2.46. The van der Waals surface area contributed by atoms with E-state index in [0.717, 1.165) is 43.7 Å². The lowest BCUT2D eigenvalue weighted by Crippen LogP contribution is -2.50. The Morgan fingerprint density at radius 1 is 1.10 bits per heavy atom. The van der Waals surface area contributed by atoms with Gasteiger partial charge >= 0.3 is 0 Å². The maximum atomic E-state index is 13.3. The number of halogens is 1. The quantitative estimate of drug-likeness (QED) is 0.589. The van der Waals surface area contributed by atoms with Crippen molar-refractivity contribution in [1.82, 2.24) is 14.9 Å². The molecular formula is C25H36FN3O. The van der Waals surface area contributed by atoms with E-state index in [1.54, 1.807) is 6.07 Å². The van der Waals surface area contributed by atoms with Crippen molar-refractivity contribution >= 4 is 0 Å². The molecule has 3 heterocycles. The smallest absolute Gasteiger partial charge is 0.141 e. The highest BCUT2D eigenvalue weighted by Gasteiger charge is 2.52. The fourth-order valence-corrected chi connectivity index (χ4v) is 4.79. The summed E-state index contributed by atoms with van der Waals surface area (Å²) in [6.45, 7) is 15.7. The van der Waals surface area contributed by atoms with Crippen LogP contribution in [0, 0.1) is 18.2 Å². The van der Waals surface area contributed by atoms with Gasteiger partial charge in [0, 0.05) is 41.7 Å². The summed E-state index contributed by atoms with van der Waals surface area (Å²) in [5, 5.41) is 0. The molecule has 30 heavy (non-hydrogen) atoms. The van der Waals surface area contributed by atoms with E-state index in [-0.39, 0.29) is 22.4 Å². The van der Waals surface area contributed by atoms with Gasteiger partial charge in [-0.25, -0.2) is 4.39 Å². The lowest BCUT2D eigenvalue weighted by atomic mass is 9.69. The van der Waals surface area contributed by atoms with Gasteiger partial charge in [-0.2, -0.15) is 0 Å². The molecule has 164 valence electrons. The van der Waals surface area contributed by atoms with Crippen LogP contribution in [0.5, 0.6) is 0 Å². The maximum absolute atomic E-state index is 13.3. The number of likely N-dealkylation sites (tertiary alicyclic amines) is 1. The first-order valence-corrected chi connectivity index (χ1v) is 11.0. The van der Waals surface area contributed by atoms with Gasteiger partial charge < -0.3 is 4.74 Å². The molecule has 0 aliphatic carbocycles. The number of aromatic nitrogens is 2. The number of ether oxygens (including phenoxy) is 1. The lowest BCUT2D eigenvalue weighted by molar-refractivity contribution is -0.109. The van der Waals surface area contributed by atoms with Gasteiger partial charge in [0.1, 0.15) is 5.82 Å². The minimum atomic E-state index is -0.288. The first-order valence-electron chi connectivity index (χ1n) is 11.0. The summed E-state index contributed by atoms with van der Waals surface area (Å²) >= 11 is 0. The SMILES string of the molecule is CCOC(C)(C)[C@@]1(CCc2ccc(F)cn2)CCN(C(C)(C)c2ccc(C)nc2)C1. The average molecular weight is 414 g/mol. The Balaban J connectivity index is 1.84. The van der Waals surface area contributed by atoms with Crippen LogP contribution in [-0.2, 0) is 16.7 Å². The summed E-state index contributed by atoms with van der Waals surface area (Å²) in [7, 11) is 0. The van der Waals surface area contributed by atoms with Crippen molar-refractivity contribution in [2.45, 2.75) is 71.9 Å². The van der Waals surface area contributed by atoms with Crippen molar-refractivity contribution < 1.29 is 9.13 Å². The molecule has 1 aliphatic rings. The van der Waals surface area contributed by atoms with Crippen molar-refractivity contribution in [3.8, 4) is 0 Å². The molecule has 3 rings (SSSR count). The van der Waals surface area contributed by atoms with Crippen LogP contribution >= 0.6 is 0 Å². The molecule has 0 unspecified atom stereocenters. The van der Waals surface area contributed by atoms with Crippen LogP contribution in [0.4, 0.5) is 4.39 Å². The molecule has 0 spiro atoms. The van der Waals surface area contributed by atoms with Gasteiger partial charge in [0.25, 0.3) is 0 Å². The molecule has 0 N–H and O–H groups in total. The molecule has 1 aliphatic heterocycles. The normalized spacial score (nSPS) is 20.6. The molecule has 0 aromatic carbocycles. The first-order chi connectivity index (χ1) is 14.1. The Morgan fingerprint density at radius 3 is 2.47 bits per heavy atom. The van der Waals surface area contributed by atoms with Crippen molar-refractivity contribution in [2.24, 2.45) is 5.41 Å². The Kier molecular flexibility index (Phi) is 6.63. The van der Waals surface area contributed by atoms with Gasteiger partial charge in [0.15, 0.2) is 0 Å². The molecule has 0 bridgehead atoms. The van der Waals surface area contributed by atoms with Crippen molar-refractivity contribution in [3.05, 3.63) is 59.4 Å². The summed E-state index contributed by atoms with van der Waals surface area (Å²) in [6.07, 6.45) is 6.15. The second-order valence-corrected chi connectivity index (χ2v) is 9.61. The van der Waals surface area contributed by atoms with Crippen molar-refractivity contribution in [2.75, 3.05) is 19.7 Å². The van der Waals surface area contributed by atoms with Crippen LogP contribution in [0.25, 0.3) is 0 Å². The van der Waals surface area contributed by atoms with Crippen LogP contribution in [0.3, 0.4) is 0 Å². The molecule has 5 heteroatoms. The van der Waals surface area contributed by atoms with Crippen LogP contribution in [0.2, 0.25) is 0 Å². The van der Waals surface area contributed by atoms with Crippen LogP contribution in [0.1, 0.15) is 64.4 Å². The third-order valence-corrected chi connectivity index (χ3v) is 7.19. The highest BCUT2D eigenvalue weighted by atomic mass is 19.1. The minimum Gasteiger partial charge on any atom is -0.375 e. The Hall–Kier alpha value is -1.85. The van der Waals surface area contributed by atoms with E-state index >= 15 is 0 Å².